The van der Waals surface area contributed by atoms with Crippen LogP contribution < -0.4 is 10.4 Å². The van der Waals surface area contributed by atoms with Gasteiger partial charge in [0.1, 0.15) is 6.07 Å². The Bertz CT molecular complexity index is 977. The topological polar surface area (TPSA) is 88.4 Å². The van der Waals surface area contributed by atoms with Crippen molar-refractivity contribution in [2.45, 2.75) is 38.3 Å². The first-order chi connectivity index (χ1) is 15.5. The number of carbonyl (C=O) groups excluding carboxylic acids is 1. The van der Waals surface area contributed by atoms with Gasteiger partial charge in [0, 0.05) is 44.5 Å². The van der Waals surface area contributed by atoms with E-state index >= 15 is 0 Å². The molecule has 1 aliphatic heterocycles. The van der Waals surface area contributed by atoms with Crippen molar-refractivity contribution in [2.75, 3.05) is 38.2 Å². The van der Waals surface area contributed by atoms with Crippen molar-refractivity contribution in [3.8, 4) is 6.07 Å². The number of halogens is 1. The molecule has 0 bridgehead atoms. The predicted molar refractivity (Wildman–Crippen MR) is 126 cm³/mol. The number of piperazine rings is 1. The van der Waals surface area contributed by atoms with E-state index in [1.54, 1.807) is 11.2 Å². The van der Waals surface area contributed by atoms with Gasteiger partial charge in [0.25, 0.3) is 5.91 Å². The van der Waals surface area contributed by atoms with Crippen molar-refractivity contribution in [3.63, 3.8) is 0 Å². The number of anilines is 1. The van der Waals surface area contributed by atoms with Gasteiger partial charge in [-0.15, -0.1) is 0 Å². The standard InChI is InChI=1S/C23H28BrN7O/c1-29-10-12-30(13-11-29)16-17-6-8-18(9-7-17)23(32)28-31(19-4-2-3-5-19)22-20(24)15-26-21(14-25)27-22/h6-9,15,19H,2-5,10-13,16H2,1H3,(H,28,32). The molecule has 0 radical (unpaired) electrons. The smallest absolute Gasteiger partial charge is 0.269 e. The van der Waals surface area contributed by atoms with Crippen LogP contribution in [0.5, 0.6) is 0 Å². The molecule has 9 heteroatoms. The highest BCUT2D eigenvalue weighted by atomic mass is 79.9. The van der Waals surface area contributed by atoms with Crippen LogP contribution in [0.2, 0.25) is 0 Å². The number of nitriles is 1. The van der Waals surface area contributed by atoms with Gasteiger partial charge in [-0.3, -0.25) is 20.1 Å². The molecular formula is C23H28BrN7O. The first-order valence-electron chi connectivity index (χ1n) is 11.1. The van der Waals surface area contributed by atoms with E-state index in [0.29, 0.717) is 15.9 Å². The Morgan fingerprint density at radius 3 is 2.56 bits per heavy atom. The number of hydrogen-bond acceptors (Lipinski definition) is 7. The lowest BCUT2D eigenvalue weighted by atomic mass is 10.1. The second-order valence-corrected chi connectivity index (χ2v) is 9.36. The van der Waals surface area contributed by atoms with E-state index in [-0.39, 0.29) is 17.8 Å². The molecule has 0 unspecified atom stereocenters. The fourth-order valence-electron chi connectivity index (χ4n) is 4.26. The second kappa shape index (κ2) is 10.4. The summed E-state index contributed by atoms with van der Waals surface area (Å²) >= 11 is 3.48. The quantitative estimate of drug-likeness (QED) is 0.613. The van der Waals surface area contributed by atoms with Gasteiger partial charge in [0.2, 0.25) is 5.82 Å². The minimum atomic E-state index is -0.188. The van der Waals surface area contributed by atoms with E-state index in [4.69, 9.17) is 0 Å². The molecule has 1 saturated carbocycles. The van der Waals surface area contributed by atoms with Crippen LogP contribution in [0.15, 0.2) is 34.9 Å². The molecule has 1 N–H and O–H groups in total. The summed E-state index contributed by atoms with van der Waals surface area (Å²) in [6.45, 7) is 5.20. The lowest BCUT2D eigenvalue weighted by Crippen LogP contribution is -2.48. The van der Waals surface area contributed by atoms with Crippen LogP contribution in [-0.2, 0) is 6.54 Å². The Hall–Kier alpha value is -2.54. The summed E-state index contributed by atoms with van der Waals surface area (Å²) in [4.78, 5) is 26.2. The van der Waals surface area contributed by atoms with Crippen LogP contribution >= 0.6 is 15.9 Å². The normalized spacial score (nSPS) is 17.8. The van der Waals surface area contributed by atoms with Crippen LogP contribution in [-0.4, -0.2) is 64.9 Å². The molecule has 168 valence electrons. The van der Waals surface area contributed by atoms with E-state index in [1.807, 2.05) is 30.3 Å². The highest BCUT2D eigenvalue weighted by Gasteiger charge is 2.28. The first-order valence-corrected chi connectivity index (χ1v) is 11.9. The fourth-order valence-corrected chi connectivity index (χ4v) is 4.64. The van der Waals surface area contributed by atoms with Crippen molar-refractivity contribution in [3.05, 3.63) is 51.9 Å². The molecule has 4 rings (SSSR count). The van der Waals surface area contributed by atoms with Gasteiger partial charge in [0.05, 0.1) is 10.5 Å². The van der Waals surface area contributed by atoms with Crippen LogP contribution in [0, 0.1) is 11.3 Å². The average molecular weight is 498 g/mol. The molecule has 1 amide bonds. The Morgan fingerprint density at radius 2 is 1.91 bits per heavy atom. The van der Waals surface area contributed by atoms with Gasteiger partial charge in [-0.2, -0.15) is 10.2 Å². The van der Waals surface area contributed by atoms with Gasteiger partial charge in [0.15, 0.2) is 5.82 Å². The number of likely N-dealkylation sites (N-methyl/N-ethyl adjacent to an activating group) is 1. The number of rotatable bonds is 6. The monoisotopic (exact) mass is 497 g/mol. The molecule has 1 aromatic heterocycles. The zero-order valence-corrected chi connectivity index (χ0v) is 19.9. The maximum absolute atomic E-state index is 13.1. The number of aromatic nitrogens is 2. The Labute approximate surface area is 197 Å². The largest absolute Gasteiger partial charge is 0.304 e. The van der Waals surface area contributed by atoms with E-state index in [9.17, 15) is 10.1 Å². The van der Waals surface area contributed by atoms with E-state index < -0.39 is 0 Å². The third kappa shape index (κ3) is 5.44. The Kier molecular flexibility index (Phi) is 7.35. The fraction of sp³-hybridized carbons (Fsp3) is 0.478. The molecule has 32 heavy (non-hydrogen) atoms. The maximum Gasteiger partial charge on any atom is 0.269 e. The number of hydrogen-bond donors (Lipinski definition) is 1. The van der Waals surface area contributed by atoms with Crippen molar-refractivity contribution in [1.29, 1.82) is 5.26 Å². The summed E-state index contributed by atoms with van der Waals surface area (Å²) in [6.07, 6.45) is 5.69. The van der Waals surface area contributed by atoms with Crippen molar-refractivity contribution in [1.82, 2.24) is 25.2 Å². The minimum absolute atomic E-state index is 0.0775. The first kappa shape index (κ1) is 22.6. The SMILES string of the molecule is CN1CCN(Cc2ccc(C(=O)NN(c3nc(C#N)ncc3Br)C3CCCC3)cc2)CC1. The number of nitrogens with one attached hydrogen (secondary N) is 1. The zero-order valence-electron chi connectivity index (χ0n) is 18.3. The third-order valence-electron chi connectivity index (χ3n) is 6.18. The number of carbonyl (C=O) groups is 1. The summed E-state index contributed by atoms with van der Waals surface area (Å²) in [5.74, 6) is 0.407. The highest BCUT2D eigenvalue weighted by molar-refractivity contribution is 9.10. The number of nitrogens with zero attached hydrogens (tertiary/aromatic N) is 6. The van der Waals surface area contributed by atoms with Gasteiger partial charge < -0.3 is 4.90 Å². The molecule has 2 heterocycles. The highest BCUT2D eigenvalue weighted by Crippen LogP contribution is 2.30. The molecule has 2 aromatic rings. The lowest BCUT2D eigenvalue weighted by Gasteiger charge is -2.32. The van der Waals surface area contributed by atoms with Gasteiger partial charge in [-0.1, -0.05) is 25.0 Å². The molecule has 1 saturated heterocycles. The van der Waals surface area contributed by atoms with Crippen LogP contribution in [0.3, 0.4) is 0 Å². The Morgan fingerprint density at radius 1 is 1.22 bits per heavy atom. The van der Waals surface area contributed by atoms with E-state index in [2.05, 4.69) is 48.2 Å². The van der Waals surface area contributed by atoms with Crippen molar-refractivity contribution in [2.24, 2.45) is 0 Å². The number of hydrazine groups is 1. The van der Waals surface area contributed by atoms with Gasteiger partial charge in [-0.05, 0) is 53.5 Å². The summed E-state index contributed by atoms with van der Waals surface area (Å²) in [6, 6.07) is 9.93. The van der Waals surface area contributed by atoms with Gasteiger partial charge in [-0.25, -0.2) is 4.98 Å². The van der Waals surface area contributed by atoms with Crippen LogP contribution in [0.25, 0.3) is 0 Å². The maximum atomic E-state index is 13.1. The zero-order chi connectivity index (χ0) is 22.5. The summed E-state index contributed by atoms with van der Waals surface area (Å²) in [5.41, 5.74) is 4.84. The molecular weight excluding hydrogens is 470 g/mol. The number of benzene rings is 1. The van der Waals surface area contributed by atoms with Crippen molar-refractivity contribution < 1.29 is 4.79 Å². The molecule has 2 fully saturated rings. The van der Waals surface area contributed by atoms with Crippen LogP contribution in [0.4, 0.5) is 5.82 Å². The molecule has 8 nitrogen and oxygen atoms in total. The average Bonchev–Trinajstić information content (AvgIpc) is 3.35. The third-order valence-corrected chi connectivity index (χ3v) is 6.74. The minimum Gasteiger partial charge on any atom is -0.304 e. The van der Waals surface area contributed by atoms with Gasteiger partial charge >= 0.3 is 0 Å². The molecule has 1 aliphatic carbocycles. The number of amides is 1. The molecule has 1 aromatic carbocycles. The summed E-state index contributed by atoms with van der Waals surface area (Å²) in [7, 11) is 2.15. The van der Waals surface area contributed by atoms with Crippen LogP contribution in [0.1, 0.15) is 47.4 Å². The molecule has 2 aliphatic rings. The lowest BCUT2D eigenvalue weighted by molar-refractivity contribution is 0.0943. The summed E-state index contributed by atoms with van der Waals surface area (Å²) < 4.78 is 0.645. The summed E-state index contributed by atoms with van der Waals surface area (Å²) in [5, 5.41) is 11.0. The van der Waals surface area contributed by atoms with E-state index in [0.717, 1.165) is 58.4 Å². The van der Waals surface area contributed by atoms with Crippen molar-refractivity contribution >= 4 is 27.7 Å². The van der Waals surface area contributed by atoms with E-state index in [1.165, 1.54) is 5.56 Å². The molecule has 0 spiro atoms. The Balaban J connectivity index is 1.47. The predicted octanol–water partition coefficient (Wildman–Crippen LogP) is 2.95. The second-order valence-electron chi connectivity index (χ2n) is 8.50. The molecule has 0 atom stereocenters.